The van der Waals surface area contributed by atoms with Gasteiger partial charge in [0.05, 0.1) is 11.7 Å². The molecule has 0 aromatic heterocycles. The number of hydrogen-bond acceptors (Lipinski definition) is 6. The number of carbonyl (C=O) groups is 1. The molecule has 0 heterocycles. The number of carbonyl (C=O) groups excluding carboxylic acids is 1. The van der Waals surface area contributed by atoms with Crippen LogP contribution in [-0.4, -0.2) is 40.3 Å². The van der Waals surface area contributed by atoms with E-state index in [1.807, 2.05) is 6.08 Å². The van der Waals surface area contributed by atoms with Crippen molar-refractivity contribution in [2.24, 2.45) is 16.7 Å². The summed E-state index contributed by atoms with van der Waals surface area (Å²) in [5, 5.41) is 22.3. The number of allylic oxidation sites excluding steroid dienone is 1. The van der Waals surface area contributed by atoms with Gasteiger partial charge in [0.1, 0.15) is 6.10 Å². The van der Waals surface area contributed by atoms with E-state index in [4.69, 9.17) is 14.5 Å². The number of fused-ring (bicyclic) bond motifs is 3. The summed E-state index contributed by atoms with van der Waals surface area (Å²) in [4.78, 5) is 21.4. The Hall–Kier alpha value is -1.47. The van der Waals surface area contributed by atoms with Crippen molar-refractivity contribution in [1.82, 2.24) is 0 Å². The number of aliphatic hydroxyl groups excluding tert-OH is 1. The number of rotatable bonds is 5. The number of aliphatic hydroxyl groups is 2. The van der Waals surface area contributed by atoms with Crippen molar-refractivity contribution < 1.29 is 29.5 Å². The summed E-state index contributed by atoms with van der Waals surface area (Å²) >= 11 is 0. The van der Waals surface area contributed by atoms with E-state index in [0.29, 0.717) is 25.7 Å². The molecule has 0 aliphatic heterocycles. The van der Waals surface area contributed by atoms with Crippen LogP contribution in [0.2, 0.25) is 0 Å². The molecule has 1 saturated carbocycles. The fourth-order valence-electron chi connectivity index (χ4n) is 6.24. The first-order valence-electron chi connectivity index (χ1n) is 11.3. The molecule has 31 heavy (non-hydrogen) atoms. The minimum Gasteiger partial charge on any atom is -0.385 e. The van der Waals surface area contributed by atoms with Gasteiger partial charge in [0, 0.05) is 23.7 Å². The highest BCUT2D eigenvalue weighted by molar-refractivity contribution is 5.65. The summed E-state index contributed by atoms with van der Waals surface area (Å²) < 4.78 is 6.21. The Morgan fingerprint density at radius 3 is 2.61 bits per heavy atom. The van der Waals surface area contributed by atoms with Crippen molar-refractivity contribution in [2.45, 2.75) is 97.7 Å². The Labute approximate surface area is 185 Å². The average Bonchev–Trinajstić information content (AvgIpc) is 2.69. The van der Waals surface area contributed by atoms with Gasteiger partial charge in [-0.25, -0.2) is 4.79 Å². The summed E-state index contributed by atoms with van der Waals surface area (Å²) in [6.07, 6.45) is 5.13. The number of hydrogen-bond donors (Lipinski definition) is 2. The van der Waals surface area contributed by atoms with Crippen LogP contribution in [0, 0.1) is 16.7 Å². The van der Waals surface area contributed by atoms with Crippen LogP contribution in [0.4, 0.5) is 0 Å². The fourth-order valence-corrected chi connectivity index (χ4v) is 6.24. The Morgan fingerprint density at radius 2 is 2.00 bits per heavy atom. The van der Waals surface area contributed by atoms with Crippen LogP contribution in [0.5, 0.6) is 0 Å². The van der Waals surface area contributed by atoms with E-state index in [0.717, 1.165) is 12.0 Å². The molecule has 0 spiro atoms. The number of ether oxygens (including phenoxy) is 1. The van der Waals surface area contributed by atoms with Crippen molar-refractivity contribution in [3.8, 4) is 0 Å². The van der Waals surface area contributed by atoms with Gasteiger partial charge in [-0.3, -0.25) is 4.89 Å². The highest BCUT2D eigenvalue weighted by Gasteiger charge is 2.56. The molecule has 0 saturated heterocycles. The zero-order valence-electron chi connectivity index (χ0n) is 19.7. The fraction of sp³-hybridized carbons (Fsp3) is 0.720. The van der Waals surface area contributed by atoms with E-state index in [2.05, 4.69) is 41.2 Å². The lowest BCUT2D eigenvalue weighted by Crippen LogP contribution is -2.56. The zero-order chi connectivity index (χ0) is 23.2. The van der Waals surface area contributed by atoms with E-state index in [9.17, 15) is 15.0 Å². The molecule has 2 bridgehead atoms. The minimum atomic E-state index is -1.08. The summed E-state index contributed by atoms with van der Waals surface area (Å²) in [6.45, 7) is 15.6. The van der Waals surface area contributed by atoms with Crippen LogP contribution in [0.3, 0.4) is 0 Å². The second-order valence-electron chi connectivity index (χ2n) is 10.3. The van der Waals surface area contributed by atoms with Crippen LogP contribution in [0.25, 0.3) is 0 Å². The first kappa shape index (κ1) is 24.2. The lowest BCUT2D eigenvalue weighted by molar-refractivity contribution is -0.301. The molecule has 6 heteroatoms. The van der Waals surface area contributed by atoms with Gasteiger partial charge in [0.2, 0.25) is 0 Å². The zero-order valence-corrected chi connectivity index (χ0v) is 19.7. The van der Waals surface area contributed by atoms with E-state index >= 15 is 0 Å². The molecule has 0 radical (unpaired) electrons. The Morgan fingerprint density at radius 1 is 1.32 bits per heavy atom. The molecule has 1 fully saturated rings. The second-order valence-corrected chi connectivity index (χ2v) is 10.3. The van der Waals surface area contributed by atoms with Crippen LogP contribution in [0.1, 0.15) is 73.6 Å². The average molecular weight is 435 g/mol. The largest absolute Gasteiger partial charge is 0.385 e. The molecule has 0 aromatic rings. The van der Waals surface area contributed by atoms with E-state index < -0.39 is 28.7 Å². The first-order chi connectivity index (χ1) is 14.4. The molecular weight excluding hydrogens is 396 g/mol. The molecule has 2 N–H and O–H groups in total. The molecule has 0 aromatic carbocycles. The lowest BCUT2D eigenvalue weighted by atomic mass is 9.52. The second kappa shape index (κ2) is 8.47. The van der Waals surface area contributed by atoms with Crippen molar-refractivity contribution in [1.29, 1.82) is 0 Å². The smallest absolute Gasteiger partial charge is 0.339 e. The van der Waals surface area contributed by atoms with Gasteiger partial charge >= 0.3 is 5.97 Å². The van der Waals surface area contributed by atoms with Gasteiger partial charge in [-0.1, -0.05) is 57.1 Å². The van der Waals surface area contributed by atoms with E-state index in [-0.39, 0.29) is 18.1 Å². The molecule has 174 valence electrons. The molecule has 3 aliphatic carbocycles. The third-order valence-electron chi connectivity index (χ3n) is 8.00. The van der Waals surface area contributed by atoms with Crippen molar-refractivity contribution in [2.75, 3.05) is 0 Å². The maximum absolute atomic E-state index is 11.9. The summed E-state index contributed by atoms with van der Waals surface area (Å²) in [6, 6.07) is 0. The molecule has 3 aliphatic rings. The van der Waals surface area contributed by atoms with E-state index in [1.54, 1.807) is 0 Å². The maximum Gasteiger partial charge on any atom is 0.339 e. The van der Waals surface area contributed by atoms with Crippen LogP contribution < -0.4 is 0 Å². The quantitative estimate of drug-likeness (QED) is 0.289. The topological polar surface area (TPSA) is 85.2 Å². The SMILES string of the molecule is C=CC(O)O[C@@H]1C(C)C2=C(C)CC[C@@](O)(/C=C3/CC(OOC(C)=O)CC[C@]31C)C2(C)C. The van der Waals surface area contributed by atoms with Crippen LogP contribution in [0.15, 0.2) is 35.5 Å². The van der Waals surface area contributed by atoms with Crippen molar-refractivity contribution >= 4 is 5.97 Å². The van der Waals surface area contributed by atoms with Crippen LogP contribution in [-0.2, 0) is 19.3 Å². The summed E-state index contributed by atoms with van der Waals surface area (Å²) in [5.74, 6) is -0.503. The predicted octanol–water partition coefficient (Wildman–Crippen LogP) is 4.37. The van der Waals surface area contributed by atoms with Crippen molar-refractivity contribution in [3.05, 3.63) is 35.5 Å². The van der Waals surface area contributed by atoms with Gasteiger partial charge in [0.15, 0.2) is 6.29 Å². The molecular formula is C25H38O6. The van der Waals surface area contributed by atoms with Gasteiger partial charge in [-0.15, -0.1) is 0 Å². The third-order valence-corrected chi connectivity index (χ3v) is 8.00. The van der Waals surface area contributed by atoms with E-state index in [1.165, 1.54) is 24.1 Å². The molecule has 6 nitrogen and oxygen atoms in total. The molecule has 3 rings (SSSR count). The predicted molar refractivity (Wildman–Crippen MR) is 118 cm³/mol. The Bertz CT molecular complexity index is 796. The highest BCUT2D eigenvalue weighted by Crippen LogP contribution is 2.59. The normalized spacial score (nSPS) is 40.0. The van der Waals surface area contributed by atoms with Gasteiger partial charge < -0.3 is 14.9 Å². The first-order valence-corrected chi connectivity index (χ1v) is 11.3. The van der Waals surface area contributed by atoms with Gasteiger partial charge in [-0.05, 0) is 45.1 Å². The third kappa shape index (κ3) is 4.15. The Balaban J connectivity index is 2.13. The molecule has 3 unspecified atom stereocenters. The highest BCUT2D eigenvalue weighted by atomic mass is 17.2. The lowest BCUT2D eigenvalue weighted by Gasteiger charge is -2.56. The summed E-state index contributed by atoms with van der Waals surface area (Å²) in [7, 11) is 0. The summed E-state index contributed by atoms with van der Waals surface area (Å²) in [5.41, 5.74) is 1.60. The monoisotopic (exact) mass is 434 g/mol. The van der Waals surface area contributed by atoms with Gasteiger partial charge in [0.25, 0.3) is 0 Å². The maximum atomic E-state index is 11.9. The molecule has 0 amide bonds. The Kier molecular flexibility index (Phi) is 6.61. The van der Waals surface area contributed by atoms with Crippen molar-refractivity contribution in [3.63, 3.8) is 0 Å². The van der Waals surface area contributed by atoms with Crippen LogP contribution >= 0.6 is 0 Å². The standard InChI is InChI=1S/C25H38O6/c1-8-20(27)29-22-16(3)21-15(2)9-12-25(28,23(21,5)6)14-18-13-19(31-30-17(4)26)10-11-24(18,22)7/h8,14,16,19-20,22,27-28H,1,9-13H2,2-7H3/b18-14-/t16?,19?,20?,22-,24-,25-/m1/s1. The molecule has 6 atom stereocenters. The van der Waals surface area contributed by atoms with Gasteiger partial charge in [-0.2, -0.15) is 4.89 Å². The minimum absolute atomic E-state index is 0.0175.